The fraction of sp³-hybridized carbons (Fsp3) is 0.778. The third-order valence-corrected chi connectivity index (χ3v) is 8.11. The van der Waals surface area contributed by atoms with Crippen molar-refractivity contribution >= 4 is 0 Å². The zero-order chi connectivity index (χ0) is 22.5. The van der Waals surface area contributed by atoms with Gasteiger partial charge in [0, 0.05) is 0 Å². The van der Waals surface area contributed by atoms with Gasteiger partial charge in [0.1, 0.15) is 0 Å². The summed E-state index contributed by atoms with van der Waals surface area (Å²) in [5.74, 6) is 0.937. The van der Waals surface area contributed by atoms with Crippen molar-refractivity contribution in [1.82, 2.24) is 0 Å². The van der Waals surface area contributed by atoms with E-state index in [-0.39, 0.29) is 11.5 Å². The first-order valence-corrected chi connectivity index (χ1v) is 12.9. The van der Waals surface area contributed by atoms with Gasteiger partial charge in [-0.15, -0.1) is 0 Å². The van der Waals surface area contributed by atoms with E-state index in [0.29, 0.717) is 31.3 Å². The molecule has 2 aliphatic carbocycles. The van der Waals surface area contributed by atoms with Crippen LogP contribution in [-0.4, -0.2) is 25.4 Å². The van der Waals surface area contributed by atoms with Crippen LogP contribution in [0.3, 0.4) is 0 Å². The SMILES string of the molecule is CCCOc1ccc(OCC2CCC(C3CCC(C4CCC(C)O4)CC3)CC2)c(F)c1F. The van der Waals surface area contributed by atoms with Gasteiger partial charge in [0.2, 0.25) is 11.6 Å². The Labute approximate surface area is 192 Å². The van der Waals surface area contributed by atoms with E-state index in [4.69, 9.17) is 14.2 Å². The Morgan fingerprint density at radius 2 is 1.34 bits per heavy atom. The van der Waals surface area contributed by atoms with E-state index in [2.05, 4.69) is 6.92 Å². The molecule has 1 heterocycles. The normalized spacial score (nSPS) is 33.2. The lowest BCUT2D eigenvalue weighted by Crippen LogP contribution is -2.31. The van der Waals surface area contributed by atoms with Gasteiger partial charge in [-0.25, -0.2) is 0 Å². The van der Waals surface area contributed by atoms with E-state index < -0.39 is 11.6 Å². The van der Waals surface area contributed by atoms with Crippen molar-refractivity contribution in [3.05, 3.63) is 23.8 Å². The first-order valence-electron chi connectivity index (χ1n) is 12.9. The highest BCUT2D eigenvalue weighted by Crippen LogP contribution is 2.44. The molecule has 3 nitrogen and oxygen atoms in total. The van der Waals surface area contributed by atoms with Crippen LogP contribution >= 0.6 is 0 Å². The van der Waals surface area contributed by atoms with Crippen LogP contribution in [0.2, 0.25) is 0 Å². The quantitative estimate of drug-likeness (QED) is 0.415. The topological polar surface area (TPSA) is 27.7 Å². The van der Waals surface area contributed by atoms with Gasteiger partial charge in [-0.2, -0.15) is 8.78 Å². The summed E-state index contributed by atoms with van der Waals surface area (Å²) in [6, 6.07) is 2.95. The molecule has 4 rings (SSSR count). The van der Waals surface area contributed by atoms with Crippen LogP contribution < -0.4 is 9.47 Å². The zero-order valence-electron chi connectivity index (χ0n) is 19.8. The second-order valence-electron chi connectivity index (χ2n) is 10.4. The number of rotatable bonds is 8. The van der Waals surface area contributed by atoms with Crippen molar-refractivity contribution < 1.29 is 23.0 Å². The lowest BCUT2D eigenvalue weighted by atomic mass is 9.68. The predicted octanol–water partition coefficient (Wildman–Crippen LogP) is 7.31. The summed E-state index contributed by atoms with van der Waals surface area (Å²) in [5, 5.41) is 0. The Morgan fingerprint density at radius 1 is 0.781 bits per heavy atom. The summed E-state index contributed by atoms with van der Waals surface area (Å²) in [6.45, 7) is 4.96. The Kier molecular flexibility index (Phi) is 8.31. The molecule has 2 atom stereocenters. The first-order chi connectivity index (χ1) is 15.5. The van der Waals surface area contributed by atoms with Crippen LogP contribution in [-0.2, 0) is 4.74 Å². The Hall–Kier alpha value is -1.36. The summed E-state index contributed by atoms with van der Waals surface area (Å²) in [7, 11) is 0. The third-order valence-electron chi connectivity index (χ3n) is 8.11. The third kappa shape index (κ3) is 5.76. The maximum Gasteiger partial charge on any atom is 0.204 e. The van der Waals surface area contributed by atoms with Crippen LogP contribution in [0.25, 0.3) is 0 Å². The molecule has 180 valence electrons. The average Bonchev–Trinajstić information content (AvgIpc) is 3.26. The van der Waals surface area contributed by atoms with Crippen molar-refractivity contribution in [2.75, 3.05) is 13.2 Å². The highest BCUT2D eigenvalue weighted by molar-refractivity contribution is 5.35. The van der Waals surface area contributed by atoms with Crippen LogP contribution in [0.5, 0.6) is 11.5 Å². The molecule has 2 saturated carbocycles. The van der Waals surface area contributed by atoms with Crippen molar-refractivity contribution in [1.29, 1.82) is 0 Å². The van der Waals surface area contributed by atoms with Gasteiger partial charge in [-0.05, 0) is 113 Å². The molecule has 3 fully saturated rings. The van der Waals surface area contributed by atoms with Crippen LogP contribution in [0, 0.1) is 35.3 Å². The highest BCUT2D eigenvalue weighted by atomic mass is 19.2. The Bertz CT molecular complexity index is 724. The summed E-state index contributed by atoms with van der Waals surface area (Å²) in [5.41, 5.74) is 0. The van der Waals surface area contributed by atoms with Gasteiger partial charge in [0.05, 0.1) is 25.4 Å². The van der Waals surface area contributed by atoms with E-state index >= 15 is 0 Å². The number of ether oxygens (including phenoxy) is 3. The number of benzene rings is 1. The lowest BCUT2D eigenvalue weighted by molar-refractivity contribution is -0.00201. The van der Waals surface area contributed by atoms with Crippen LogP contribution in [0.1, 0.15) is 84.5 Å². The minimum atomic E-state index is -0.951. The molecule has 2 unspecified atom stereocenters. The van der Waals surface area contributed by atoms with E-state index in [1.54, 1.807) is 0 Å². The maximum absolute atomic E-state index is 14.3. The zero-order valence-corrected chi connectivity index (χ0v) is 19.8. The molecule has 0 amide bonds. The highest BCUT2D eigenvalue weighted by Gasteiger charge is 2.36. The summed E-state index contributed by atoms with van der Waals surface area (Å²) in [4.78, 5) is 0. The van der Waals surface area contributed by atoms with Crippen molar-refractivity contribution in [3.8, 4) is 11.5 Å². The molecule has 0 bridgehead atoms. The number of hydrogen-bond donors (Lipinski definition) is 0. The van der Waals surface area contributed by atoms with E-state index in [0.717, 1.165) is 37.0 Å². The predicted molar refractivity (Wildman–Crippen MR) is 122 cm³/mol. The van der Waals surface area contributed by atoms with Gasteiger partial charge in [-0.3, -0.25) is 0 Å². The molecule has 0 spiro atoms. The maximum atomic E-state index is 14.3. The summed E-state index contributed by atoms with van der Waals surface area (Å²) in [6.07, 6.45) is 14.3. The number of hydrogen-bond acceptors (Lipinski definition) is 3. The molecule has 5 heteroatoms. The fourth-order valence-corrected chi connectivity index (χ4v) is 6.15. The standard InChI is InChI=1S/C27H40F2O3/c1-3-16-30-24-14-15-25(27(29)26(24)28)31-17-19-5-7-20(8-6-19)21-9-11-22(12-10-21)23-13-4-18(2)32-23/h14-15,18-23H,3-13,16-17H2,1-2H3. The van der Waals surface area contributed by atoms with E-state index in [9.17, 15) is 8.78 Å². The van der Waals surface area contributed by atoms with Crippen molar-refractivity contribution in [2.45, 2.75) is 96.7 Å². The van der Waals surface area contributed by atoms with E-state index in [1.165, 1.54) is 63.5 Å². The molecule has 0 aromatic heterocycles. The Morgan fingerprint density at radius 3 is 1.91 bits per heavy atom. The summed E-state index contributed by atoms with van der Waals surface area (Å²) >= 11 is 0. The fourth-order valence-electron chi connectivity index (χ4n) is 6.15. The first kappa shape index (κ1) is 23.8. The smallest absolute Gasteiger partial charge is 0.204 e. The lowest BCUT2D eigenvalue weighted by Gasteiger charge is -2.39. The molecule has 1 aliphatic heterocycles. The molecule has 0 N–H and O–H groups in total. The van der Waals surface area contributed by atoms with Crippen LogP contribution in [0.15, 0.2) is 12.1 Å². The molecule has 1 aromatic carbocycles. The minimum absolute atomic E-state index is 0.00440. The van der Waals surface area contributed by atoms with Gasteiger partial charge in [0.25, 0.3) is 0 Å². The molecule has 32 heavy (non-hydrogen) atoms. The second kappa shape index (κ2) is 11.2. The summed E-state index contributed by atoms with van der Waals surface area (Å²) < 4.78 is 45.6. The average molecular weight is 451 g/mol. The molecule has 3 aliphatic rings. The Balaban J connectivity index is 1.18. The van der Waals surface area contributed by atoms with Gasteiger partial charge >= 0.3 is 0 Å². The number of halogens is 2. The molecule has 0 radical (unpaired) electrons. The van der Waals surface area contributed by atoms with Crippen molar-refractivity contribution in [3.63, 3.8) is 0 Å². The molecular formula is C27H40F2O3. The monoisotopic (exact) mass is 450 g/mol. The largest absolute Gasteiger partial charge is 0.490 e. The van der Waals surface area contributed by atoms with Crippen LogP contribution in [0.4, 0.5) is 8.78 Å². The van der Waals surface area contributed by atoms with Gasteiger partial charge in [-0.1, -0.05) is 6.92 Å². The molecular weight excluding hydrogens is 410 g/mol. The molecule has 1 saturated heterocycles. The van der Waals surface area contributed by atoms with E-state index in [1.807, 2.05) is 6.92 Å². The second-order valence-corrected chi connectivity index (χ2v) is 10.4. The minimum Gasteiger partial charge on any atom is -0.490 e. The molecule has 1 aromatic rings. The van der Waals surface area contributed by atoms with Gasteiger partial charge < -0.3 is 14.2 Å². The van der Waals surface area contributed by atoms with Crippen molar-refractivity contribution in [2.24, 2.45) is 23.7 Å². The van der Waals surface area contributed by atoms with Gasteiger partial charge in [0.15, 0.2) is 11.5 Å².